The number of nitrogens with one attached hydrogen (secondary N) is 1. The summed E-state index contributed by atoms with van der Waals surface area (Å²) in [5.41, 5.74) is 2.50. The molecule has 4 aromatic rings. The maximum Gasteiger partial charge on any atom is 0.345 e. The quantitative estimate of drug-likeness (QED) is 0.455. The number of tetrazole rings is 1. The van der Waals surface area contributed by atoms with Crippen molar-refractivity contribution in [3.05, 3.63) is 88.9 Å². The van der Waals surface area contributed by atoms with Gasteiger partial charge in [-0.15, -0.1) is 0 Å². The molecule has 0 aliphatic heterocycles. The van der Waals surface area contributed by atoms with E-state index in [2.05, 4.69) is 20.8 Å². The van der Waals surface area contributed by atoms with Gasteiger partial charge in [-0.2, -0.15) is 4.68 Å². The first-order valence-electron chi connectivity index (χ1n) is 8.97. The Morgan fingerprint density at radius 1 is 1.07 bits per heavy atom. The zero-order chi connectivity index (χ0) is 20.9. The van der Waals surface area contributed by atoms with E-state index in [4.69, 9.17) is 21.4 Å². The summed E-state index contributed by atoms with van der Waals surface area (Å²) >= 11 is 5.90. The number of para-hydroxylation sites is 1. The van der Waals surface area contributed by atoms with Crippen molar-refractivity contribution in [1.29, 1.82) is 0 Å². The Balaban J connectivity index is 1.42. The summed E-state index contributed by atoms with van der Waals surface area (Å²) in [4.78, 5) is 11.2. The number of aromatic carboxylic acids is 1. The van der Waals surface area contributed by atoms with E-state index in [1.54, 1.807) is 12.1 Å². The molecule has 1 aromatic heterocycles. The van der Waals surface area contributed by atoms with Crippen molar-refractivity contribution in [3.63, 3.8) is 0 Å². The number of anilines is 1. The first-order chi connectivity index (χ1) is 14.6. The lowest BCUT2D eigenvalue weighted by atomic mass is 10.2. The highest BCUT2D eigenvalue weighted by Crippen LogP contribution is 2.23. The lowest BCUT2D eigenvalue weighted by Gasteiger charge is -2.09. The average molecular weight is 422 g/mol. The van der Waals surface area contributed by atoms with Gasteiger partial charge >= 0.3 is 12.0 Å². The van der Waals surface area contributed by atoms with Crippen LogP contribution in [0.5, 0.6) is 11.8 Å². The van der Waals surface area contributed by atoms with Gasteiger partial charge in [0.1, 0.15) is 5.75 Å². The first kappa shape index (κ1) is 19.4. The monoisotopic (exact) mass is 421 g/mol. The maximum absolute atomic E-state index is 11.2. The molecule has 0 radical (unpaired) electrons. The third kappa shape index (κ3) is 4.39. The molecule has 8 nitrogen and oxygen atoms in total. The van der Waals surface area contributed by atoms with E-state index in [0.29, 0.717) is 18.0 Å². The summed E-state index contributed by atoms with van der Waals surface area (Å²) in [6.45, 7) is 0.503. The minimum atomic E-state index is -1.07. The average Bonchev–Trinajstić information content (AvgIpc) is 3.22. The Bertz CT molecular complexity index is 1160. The zero-order valence-corrected chi connectivity index (χ0v) is 16.3. The molecule has 0 fully saturated rings. The van der Waals surface area contributed by atoms with E-state index < -0.39 is 5.97 Å². The lowest BCUT2D eigenvalue weighted by molar-refractivity contribution is 0.0697. The van der Waals surface area contributed by atoms with Gasteiger partial charge in [0.25, 0.3) is 0 Å². The maximum atomic E-state index is 11.2. The van der Waals surface area contributed by atoms with Crippen LogP contribution in [0.4, 0.5) is 5.69 Å². The van der Waals surface area contributed by atoms with Gasteiger partial charge in [0.2, 0.25) is 0 Å². The predicted molar refractivity (Wildman–Crippen MR) is 111 cm³/mol. The lowest BCUT2D eigenvalue weighted by Crippen LogP contribution is -2.03. The number of benzene rings is 3. The van der Waals surface area contributed by atoms with E-state index in [1.807, 2.05) is 54.6 Å². The van der Waals surface area contributed by atoms with Crippen molar-refractivity contribution in [2.75, 3.05) is 5.32 Å². The second-order valence-electron chi connectivity index (χ2n) is 6.31. The molecule has 0 saturated heterocycles. The molecular weight excluding hydrogens is 406 g/mol. The van der Waals surface area contributed by atoms with Crippen LogP contribution in [0.1, 0.15) is 15.9 Å². The summed E-state index contributed by atoms with van der Waals surface area (Å²) < 4.78 is 7.31. The van der Waals surface area contributed by atoms with Crippen LogP contribution in [-0.2, 0) is 6.54 Å². The third-order valence-electron chi connectivity index (χ3n) is 4.27. The summed E-state index contributed by atoms with van der Waals surface area (Å²) in [7, 11) is 0. The largest absolute Gasteiger partial charge is 0.478 e. The standard InChI is InChI=1S/C21H16ClN5O3/c22-19-11-8-15(12-18(19)20(28)29)23-13-14-6-9-17(10-7-14)30-21-24-25-26-27(21)16-4-2-1-3-5-16/h1-12,23H,13H2,(H,28,29). The minimum Gasteiger partial charge on any atom is -0.478 e. The van der Waals surface area contributed by atoms with E-state index in [0.717, 1.165) is 11.3 Å². The molecule has 0 amide bonds. The van der Waals surface area contributed by atoms with Crippen LogP contribution in [0.2, 0.25) is 5.02 Å². The van der Waals surface area contributed by atoms with Crippen LogP contribution >= 0.6 is 11.6 Å². The molecule has 0 bridgehead atoms. The Kier molecular flexibility index (Phi) is 5.58. The van der Waals surface area contributed by atoms with Crippen LogP contribution in [0.15, 0.2) is 72.8 Å². The summed E-state index contributed by atoms with van der Waals surface area (Å²) in [5.74, 6) is -0.478. The molecule has 1 heterocycles. The summed E-state index contributed by atoms with van der Waals surface area (Å²) in [6.07, 6.45) is 0. The fraction of sp³-hybridized carbons (Fsp3) is 0.0476. The van der Waals surface area contributed by atoms with Crippen molar-refractivity contribution < 1.29 is 14.6 Å². The zero-order valence-electron chi connectivity index (χ0n) is 15.6. The first-order valence-corrected chi connectivity index (χ1v) is 9.35. The Hall–Kier alpha value is -3.91. The van der Waals surface area contributed by atoms with Gasteiger partial charge in [-0.3, -0.25) is 0 Å². The normalized spacial score (nSPS) is 10.6. The van der Waals surface area contributed by atoms with Gasteiger partial charge in [0.05, 0.1) is 16.3 Å². The number of ether oxygens (including phenoxy) is 1. The Morgan fingerprint density at radius 3 is 2.57 bits per heavy atom. The van der Waals surface area contributed by atoms with Crippen molar-refractivity contribution in [2.24, 2.45) is 0 Å². The van der Waals surface area contributed by atoms with E-state index in [1.165, 1.54) is 10.7 Å². The van der Waals surface area contributed by atoms with Crippen LogP contribution in [-0.4, -0.2) is 31.3 Å². The summed E-state index contributed by atoms with van der Waals surface area (Å²) in [5, 5.41) is 24.1. The van der Waals surface area contributed by atoms with Gasteiger partial charge < -0.3 is 15.2 Å². The molecule has 2 N–H and O–H groups in total. The van der Waals surface area contributed by atoms with Gasteiger partial charge in [-0.25, -0.2) is 4.79 Å². The number of carboxylic acids is 1. The number of hydrogen-bond acceptors (Lipinski definition) is 6. The van der Waals surface area contributed by atoms with Crippen molar-refractivity contribution in [3.8, 4) is 17.4 Å². The van der Waals surface area contributed by atoms with Crippen molar-refractivity contribution >= 4 is 23.3 Å². The second-order valence-corrected chi connectivity index (χ2v) is 6.72. The fourth-order valence-corrected chi connectivity index (χ4v) is 2.96. The molecule has 0 aliphatic carbocycles. The molecule has 0 unspecified atom stereocenters. The second kappa shape index (κ2) is 8.62. The predicted octanol–water partition coefficient (Wildman–Crippen LogP) is 4.42. The smallest absolute Gasteiger partial charge is 0.345 e. The third-order valence-corrected chi connectivity index (χ3v) is 4.60. The summed E-state index contributed by atoms with van der Waals surface area (Å²) in [6, 6.07) is 21.9. The Labute approximate surface area is 176 Å². The van der Waals surface area contributed by atoms with Crippen LogP contribution in [0.3, 0.4) is 0 Å². The highest BCUT2D eigenvalue weighted by molar-refractivity contribution is 6.33. The van der Waals surface area contributed by atoms with E-state index >= 15 is 0 Å². The van der Waals surface area contributed by atoms with Crippen LogP contribution in [0, 0.1) is 0 Å². The van der Waals surface area contributed by atoms with E-state index in [9.17, 15) is 4.79 Å². The highest BCUT2D eigenvalue weighted by atomic mass is 35.5. The van der Waals surface area contributed by atoms with Gasteiger partial charge in [-0.1, -0.05) is 47.0 Å². The van der Waals surface area contributed by atoms with Crippen LogP contribution in [0.25, 0.3) is 5.69 Å². The van der Waals surface area contributed by atoms with Crippen LogP contribution < -0.4 is 10.1 Å². The van der Waals surface area contributed by atoms with Gasteiger partial charge in [0, 0.05) is 12.2 Å². The number of carbonyl (C=O) groups is 1. The number of aromatic nitrogens is 4. The molecule has 9 heteroatoms. The van der Waals surface area contributed by atoms with Crippen molar-refractivity contribution in [2.45, 2.75) is 6.54 Å². The highest BCUT2D eigenvalue weighted by Gasteiger charge is 2.11. The van der Waals surface area contributed by atoms with Gasteiger partial charge in [0.15, 0.2) is 0 Å². The molecule has 0 saturated carbocycles. The topological polar surface area (TPSA) is 102 Å². The van der Waals surface area contributed by atoms with Gasteiger partial charge in [-0.05, 0) is 58.5 Å². The minimum absolute atomic E-state index is 0.0570. The number of rotatable bonds is 7. The van der Waals surface area contributed by atoms with E-state index in [-0.39, 0.29) is 16.6 Å². The number of halogens is 1. The number of carboxylic acid groups (broad SMARTS) is 1. The van der Waals surface area contributed by atoms with Crippen molar-refractivity contribution in [1.82, 2.24) is 20.2 Å². The SMILES string of the molecule is O=C(O)c1cc(NCc2ccc(Oc3nnnn3-c3ccccc3)cc2)ccc1Cl. The molecule has 0 atom stereocenters. The molecule has 150 valence electrons. The fourth-order valence-electron chi connectivity index (χ4n) is 2.76. The Morgan fingerprint density at radius 2 is 1.83 bits per heavy atom. The molecular formula is C21H16ClN5O3. The number of hydrogen-bond donors (Lipinski definition) is 2. The number of nitrogens with zero attached hydrogens (tertiary/aromatic N) is 4. The molecule has 30 heavy (non-hydrogen) atoms. The molecule has 4 rings (SSSR count). The molecule has 0 aliphatic rings. The molecule has 3 aromatic carbocycles. The molecule has 0 spiro atoms.